The van der Waals surface area contributed by atoms with E-state index in [-0.39, 0.29) is 17.7 Å². The summed E-state index contributed by atoms with van der Waals surface area (Å²) in [5, 5.41) is 0. The molecule has 0 amide bonds. The quantitative estimate of drug-likeness (QED) is 0.625. The van der Waals surface area contributed by atoms with E-state index in [0.29, 0.717) is 0 Å². The molecule has 3 aliphatic rings. The maximum Gasteiger partial charge on any atom is 0.346 e. The van der Waals surface area contributed by atoms with E-state index in [1.54, 1.807) is 7.11 Å². The Bertz CT molecular complexity index is 542. The third-order valence-corrected chi connectivity index (χ3v) is 4.69. The summed E-state index contributed by atoms with van der Waals surface area (Å²) >= 11 is 0. The second-order valence-corrected chi connectivity index (χ2v) is 5.96. The Morgan fingerprint density at radius 2 is 1.95 bits per heavy atom. The normalized spacial score (nSPS) is 29.6. The Morgan fingerprint density at radius 3 is 2.40 bits per heavy atom. The molecule has 2 saturated carbocycles. The summed E-state index contributed by atoms with van der Waals surface area (Å²) in [6, 6.07) is 7.57. The number of hydrogen-bond acceptors (Lipinski definition) is 4. The molecule has 1 spiro atoms. The number of methoxy groups -OCH3 is 1. The van der Waals surface area contributed by atoms with E-state index in [4.69, 9.17) is 14.2 Å². The van der Waals surface area contributed by atoms with Crippen molar-refractivity contribution in [3.05, 3.63) is 29.8 Å². The first-order chi connectivity index (χ1) is 9.70. The first-order valence-electron chi connectivity index (χ1n) is 7.26. The van der Waals surface area contributed by atoms with E-state index in [1.807, 2.05) is 24.3 Å². The van der Waals surface area contributed by atoms with Crippen molar-refractivity contribution in [3.63, 3.8) is 0 Å². The Balaban J connectivity index is 1.66. The van der Waals surface area contributed by atoms with Gasteiger partial charge < -0.3 is 14.2 Å². The number of ether oxygens (including phenoxy) is 3. The van der Waals surface area contributed by atoms with Gasteiger partial charge in [-0.05, 0) is 49.8 Å². The molecule has 1 aromatic carbocycles. The summed E-state index contributed by atoms with van der Waals surface area (Å²) < 4.78 is 16.7. The van der Waals surface area contributed by atoms with Crippen LogP contribution < -0.4 is 4.74 Å². The number of epoxide rings is 1. The third kappa shape index (κ3) is 1.54. The van der Waals surface area contributed by atoms with E-state index >= 15 is 0 Å². The molecule has 1 heterocycles. The standard InChI is InChI=1S/C16H18O4/c1-18-12-5-3-11(4-6-12)16(14(17)19-13-7-8-13)15(20-16)9-2-10-15/h3-6,13H,2,7-10H2,1H3. The molecule has 4 rings (SSSR count). The van der Waals surface area contributed by atoms with E-state index in [0.717, 1.165) is 43.4 Å². The van der Waals surface area contributed by atoms with Gasteiger partial charge >= 0.3 is 5.97 Å². The molecule has 0 aromatic heterocycles. The lowest BCUT2D eigenvalue weighted by atomic mass is 9.73. The summed E-state index contributed by atoms with van der Waals surface area (Å²) in [6.45, 7) is 0. The zero-order valence-corrected chi connectivity index (χ0v) is 11.6. The van der Waals surface area contributed by atoms with Crippen LogP contribution >= 0.6 is 0 Å². The second-order valence-electron chi connectivity index (χ2n) is 5.96. The van der Waals surface area contributed by atoms with Gasteiger partial charge in [0.1, 0.15) is 17.5 Å². The number of carbonyl (C=O) groups excluding carboxylic acids is 1. The van der Waals surface area contributed by atoms with Gasteiger partial charge in [0.25, 0.3) is 0 Å². The Hall–Kier alpha value is -1.55. The van der Waals surface area contributed by atoms with Gasteiger partial charge in [-0.2, -0.15) is 0 Å². The van der Waals surface area contributed by atoms with Crippen molar-refractivity contribution in [3.8, 4) is 5.75 Å². The minimum Gasteiger partial charge on any atom is -0.497 e. The SMILES string of the molecule is COc1ccc(C2(C(=O)OC3CC3)OC23CCC3)cc1. The average molecular weight is 274 g/mol. The molecule has 106 valence electrons. The molecule has 1 unspecified atom stereocenters. The number of hydrogen-bond donors (Lipinski definition) is 0. The molecule has 2 aliphatic carbocycles. The zero-order chi connectivity index (χ0) is 13.8. The number of esters is 1. The molecular weight excluding hydrogens is 256 g/mol. The molecule has 0 radical (unpaired) electrons. The average Bonchev–Trinajstić information content (AvgIpc) is 3.31. The molecule has 4 nitrogen and oxygen atoms in total. The van der Waals surface area contributed by atoms with Gasteiger partial charge in [0.2, 0.25) is 5.60 Å². The largest absolute Gasteiger partial charge is 0.497 e. The predicted molar refractivity (Wildman–Crippen MR) is 71.5 cm³/mol. The lowest BCUT2D eigenvalue weighted by molar-refractivity contribution is -0.152. The van der Waals surface area contributed by atoms with Crippen LogP contribution in [0.2, 0.25) is 0 Å². The highest BCUT2D eigenvalue weighted by atomic mass is 16.7. The lowest BCUT2D eigenvalue weighted by Crippen LogP contribution is -2.38. The van der Waals surface area contributed by atoms with Crippen molar-refractivity contribution >= 4 is 5.97 Å². The minimum absolute atomic E-state index is 0.110. The van der Waals surface area contributed by atoms with Crippen LogP contribution in [-0.4, -0.2) is 24.8 Å². The number of carbonyl (C=O) groups is 1. The first-order valence-corrected chi connectivity index (χ1v) is 7.26. The maximum absolute atomic E-state index is 12.6. The van der Waals surface area contributed by atoms with Crippen LogP contribution in [0.15, 0.2) is 24.3 Å². The van der Waals surface area contributed by atoms with E-state index in [1.165, 1.54) is 0 Å². The van der Waals surface area contributed by atoms with Crippen LogP contribution in [0.3, 0.4) is 0 Å². The molecule has 1 atom stereocenters. The van der Waals surface area contributed by atoms with Crippen molar-refractivity contribution < 1.29 is 19.0 Å². The fraction of sp³-hybridized carbons (Fsp3) is 0.562. The topological polar surface area (TPSA) is 48.1 Å². The van der Waals surface area contributed by atoms with E-state index < -0.39 is 5.60 Å². The van der Waals surface area contributed by atoms with Crippen LogP contribution in [-0.2, 0) is 19.9 Å². The van der Waals surface area contributed by atoms with Gasteiger partial charge in [0, 0.05) is 0 Å². The molecular formula is C16H18O4. The first kappa shape index (κ1) is 12.2. The highest BCUT2D eigenvalue weighted by Gasteiger charge is 2.78. The van der Waals surface area contributed by atoms with Crippen molar-refractivity contribution in [2.45, 2.75) is 49.4 Å². The summed E-state index contributed by atoms with van der Waals surface area (Å²) in [4.78, 5) is 12.6. The van der Waals surface area contributed by atoms with Gasteiger partial charge in [0.15, 0.2) is 0 Å². The van der Waals surface area contributed by atoms with E-state index in [2.05, 4.69) is 0 Å². The second kappa shape index (κ2) is 3.98. The molecule has 0 N–H and O–H groups in total. The maximum atomic E-state index is 12.6. The van der Waals surface area contributed by atoms with Crippen molar-refractivity contribution in [1.29, 1.82) is 0 Å². The van der Waals surface area contributed by atoms with Gasteiger partial charge in [-0.15, -0.1) is 0 Å². The summed E-state index contributed by atoms with van der Waals surface area (Å²) in [5.74, 6) is 0.577. The number of benzene rings is 1. The molecule has 1 saturated heterocycles. The lowest BCUT2D eigenvalue weighted by Gasteiger charge is -2.26. The Labute approximate surface area is 118 Å². The Kier molecular flexibility index (Phi) is 2.43. The Morgan fingerprint density at radius 1 is 1.25 bits per heavy atom. The van der Waals surface area contributed by atoms with Crippen LogP contribution in [0.4, 0.5) is 0 Å². The summed E-state index contributed by atoms with van der Waals surface area (Å²) in [6.07, 6.45) is 5.08. The van der Waals surface area contributed by atoms with Crippen LogP contribution in [0.5, 0.6) is 5.75 Å². The van der Waals surface area contributed by atoms with Crippen molar-refractivity contribution in [1.82, 2.24) is 0 Å². The fourth-order valence-corrected chi connectivity index (χ4v) is 3.13. The zero-order valence-electron chi connectivity index (χ0n) is 11.6. The summed E-state index contributed by atoms with van der Waals surface area (Å²) in [5.41, 5.74) is -0.267. The fourth-order valence-electron chi connectivity index (χ4n) is 3.13. The number of rotatable bonds is 4. The highest BCUT2D eigenvalue weighted by Crippen LogP contribution is 2.66. The molecule has 0 bridgehead atoms. The van der Waals surface area contributed by atoms with Gasteiger partial charge in [0.05, 0.1) is 7.11 Å². The van der Waals surface area contributed by atoms with Crippen LogP contribution in [0.25, 0.3) is 0 Å². The van der Waals surface area contributed by atoms with Crippen LogP contribution in [0, 0.1) is 0 Å². The third-order valence-electron chi connectivity index (χ3n) is 4.69. The molecule has 20 heavy (non-hydrogen) atoms. The smallest absolute Gasteiger partial charge is 0.346 e. The van der Waals surface area contributed by atoms with Gasteiger partial charge in [-0.3, -0.25) is 0 Å². The molecule has 4 heteroatoms. The van der Waals surface area contributed by atoms with E-state index in [9.17, 15) is 4.79 Å². The molecule has 1 aromatic rings. The minimum atomic E-state index is -0.861. The predicted octanol–water partition coefficient (Wildman–Crippen LogP) is 2.55. The van der Waals surface area contributed by atoms with Gasteiger partial charge in [-0.25, -0.2) is 4.79 Å². The van der Waals surface area contributed by atoms with Crippen molar-refractivity contribution in [2.75, 3.05) is 7.11 Å². The molecule has 3 fully saturated rings. The van der Waals surface area contributed by atoms with Crippen molar-refractivity contribution in [2.24, 2.45) is 0 Å². The summed E-state index contributed by atoms with van der Waals surface area (Å²) in [7, 11) is 1.63. The monoisotopic (exact) mass is 274 g/mol. The highest BCUT2D eigenvalue weighted by molar-refractivity contribution is 5.87. The molecule has 1 aliphatic heterocycles. The van der Waals surface area contributed by atoms with Gasteiger partial charge in [-0.1, -0.05) is 12.1 Å². The van der Waals surface area contributed by atoms with Crippen LogP contribution in [0.1, 0.15) is 37.7 Å².